The molecular formula is C16H26ClN3O2. The maximum atomic E-state index is 12.1. The Labute approximate surface area is 137 Å². The van der Waals surface area contributed by atoms with Gasteiger partial charge in [0, 0.05) is 20.6 Å². The number of carbonyl (C=O) groups is 1. The molecule has 0 saturated carbocycles. The van der Waals surface area contributed by atoms with E-state index in [2.05, 4.69) is 10.6 Å². The molecule has 1 aromatic carbocycles. The SMILES string of the molecule is CC(O)CC(C)(C)CNC(=O)Nc1cccc(Cl)c1N(C)C. The lowest BCUT2D eigenvalue weighted by Crippen LogP contribution is -2.38. The fourth-order valence-corrected chi connectivity index (χ4v) is 2.77. The Hall–Kier alpha value is -1.46. The molecule has 0 fully saturated rings. The number of halogens is 1. The Morgan fingerprint density at radius 3 is 2.59 bits per heavy atom. The number of para-hydroxylation sites is 1. The second kappa shape index (κ2) is 7.70. The van der Waals surface area contributed by atoms with Crippen molar-refractivity contribution in [1.29, 1.82) is 0 Å². The molecule has 1 aromatic rings. The predicted molar refractivity (Wildman–Crippen MR) is 92.9 cm³/mol. The summed E-state index contributed by atoms with van der Waals surface area (Å²) in [5, 5.41) is 15.7. The molecule has 0 aliphatic heterocycles. The first kappa shape index (κ1) is 18.6. The van der Waals surface area contributed by atoms with Gasteiger partial charge in [0.1, 0.15) is 0 Å². The van der Waals surface area contributed by atoms with Crippen LogP contribution in [0.2, 0.25) is 5.02 Å². The molecule has 0 saturated heterocycles. The van der Waals surface area contributed by atoms with Gasteiger partial charge in [-0.15, -0.1) is 0 Å². The van der Waals surface area contributed by atoms with Gasteiger partial charge in [0.25, 0.3) is 0 Å². The van der Waals surface area contributed by atoms with Crippen molar-refractivity contribution < 1.29 is 9.90 Å². The average molecular weight is 328 g/mol. The van der Waals surface area contributed by atoms with Crippen LogP contribution in [0.1, 0.15) is 27.2 Å². The lowest BCUT2D eigenvalue weighted by molar-refractivity contribution is 0.129. The summed E-state index contributed by atoms with van der Waals surface area (Å²) in [6.07, 6.45) is 0.223. The molecule has 1 rings (SSSR count). The van der Waals surface area contributed by atoms with Crippen molar-refractivity contribution in [3.8, 4) is 0 Å². The van der Waals surface area contributed by atoms with Crippen LogP contribution in [0, 0.1) is 5.41 Å². The van der Waals surface area contributed by atoms with Crippen molar-refractivity contribution in [3.05, 3.63) is 23.2 Å². The van der Waals surface area contributed by atoms with Crippen LogP contribution in [0.15, 0.2) is 18.2 Å². The van der Waals surface area contributed by atoms with E-state index in [-0.39, 0.29) is 11.4 Å². The van der Waals surface area contributed by atoms with E-state index < -0.39 is 6.10 Å². The van der Waals surface area contributed by atoms with Gasteiger partial charge in [-0.05, 0) is 30.9 Å². The number of nitrogens with one attached hydrogen (secondary N) is 2. The number of rotatable bonds is 6. The first-order valence-electron chi connectivity index (χ1n) is 7.31. The molecule has 0 spiro atoms. The number of hydrogen-bond acceptors (Lipinski definition) is 3. The lowest BCUT2D eigenvalue weighted by atomic mass is 9.87. The van der Waals surface area contributed by atoms with Crippen molar-refractivity contribution in [1.82, 2.24) is 5.32 Å². The number of benzene rings is 1. The van der Waals surface area contributed by atoms with Crippen LogP contribution in [0.25, 0.3) is 0 Å². The molecule has 0 aromatic heterocycles. The van der Waals surface area contributed by atoms with Crippen LogP contribution in [-0.4, -0.2) is 37.9 Å². The molecule has 124 valence electrons. The Bertz CT molecular complexity index is 516. The van der Waals surface area contributed by atoms with Crippen molar-refractivity contribution in [3.63, 3.8) is 0 Å². The average Bonchev–Trinajstić information content (AvgIpc) is 2.34. The van der Waals surface area contributed by atoms with E-state index in [0.29, 0.717) is 23.7 Å². The quantitative estimate of drug-likeness (QED) is 0.751. The van der Waals surface area contributed by atoms with Crippen molar-refractivity contribution in [2.24, 2.45) is 5.41 Å². The van der Waals surface area contributed by atoms with Crippen molar-refractivity contribution in [2.75, 3.05) is 30.9 Å². The highest BCUT2D eigenvalue weighted by Crippen LogP contribution is 2.32. The largest absolute Gasteiger partial charge is 0.393 e. The molecule has 22 heavy (non-hydrogen) atoms. The lowest BCUT2D eigenvalue weighted by Gasteiger charge is -2.26. The number of amides is 2. The van der Waals surface area contributed by atoms with Crippen LogP contribution >= 0.6 is 11.6 Å². The maximum Gasteiger partial charge on any atom is 0.319 e. The third-order valence-corrected chi connectivity index (χ3v) is 3.56. The standard InChI is InChI=1S/C16H26ClN3O2/c1-11(21)9-16(2,3)10-18-15(22)19-13-8-6-7-12(17)14(13)20(4)5/h6-8,11,21H,9-10H2,1-5H3,(H2,18,19,22). The van der Waals surface area contributed by atoms with E-state index >= 15 is 0 Å². The van der Waals surface area contributed by atoms with Gasteiger partial charge >= 0.3 is 6.03 Å². The summed E-state index contributed by atoms with van der Waals surface area (Å²) in [5.41, 5.74) is 1.25. The normalized spacial score (nSPS) is 12.7. The van der Waals surface area contributed by atoms with E-state index in [9.17, 15) is 9.90 Å². The molecule has 0 heterocycles. The molecule has 6 heteroatoms. The number of aliphatic hydroxyl groups excluding tert-OH is 1. The van der Waals surface area contributed by atoms with Gasteiger partial charge in [-0.2, -0.15) is 0 Å². The van der Waals surface area contributed by atoms with Gasteiger partial charge in [-0.25, -0.2) is 4.79 Å². The van der Waals surface area contributed by atoms with Crippen molar-refractivity contribution >= 4 is 29.0 Å². The van der Waals surface area contributed by atoms with E-state index in [1.165, 1.54) is 0 Å². The van der Waals surface area contributed by atoms with Gasteiger partial charge < -0.3 is 20.6 Å². The molecule has 3 N–H and O–H groups in total. The smallest absolute Gasteiger partial charge is 0.319 e. The molecule has 1 atom stereocenters. The molecule has 0 bridgehead atoms. The summed E-state index contributed by atoms with van der Waals surface area (Å²) in [6.45, 7) is 6.23. The van der Waals surface area contributed by atoms with Gasteiger partial charge in [-0.3, -0.25) is 0 Å². The summed E-state index contributed by atoms with van der Waals surface area (Å²) in [7, 11) is 3.74. The van der Waals surface area contributed by atoms with E-state index in [1.54, 1.807) is 19.1 Å². The third kappa shape index (κ3) is 5.73. The second-order valence-corrected chi connectivity index (χ2v) is 6.96. The van der Waals surface area contributed by atoms with E-state index in [1.807, 2.05) is 38.9 Å². The minimum absolute atomic E-state index is 0.176. The van der Waals surface area contributed by atoms with E-state index in [4.69, 9.17) is 11.6 Å². The monoisotopic (exact) mass is 327 g/mol. The minimum Gasteiger partial charge on any atom is -0.393 e. The zero-order chi connectivity index (χ0) is 16.9. The number of urea groups is 1. The summed E-state index contributed by atoms with van der Waals surface area (Å²) in [4.78, 5) is 13.9. The Kier molecular flexibility index (Phi) is 6.50. The number of carbonyl (C=O) groups excluding carboxylic acids is 1. The first-order chi connectivity index (χ1) is 10.1. The Morgan fingerprint density at radius 2 is 2.05 bits per heavy atom. The molecule has 0 radical (unpaired) electrons. The van der Waals surface area contributed by atoms with Crippen molar-refractivity contribution in [2.45, 2.75) is 33.3 Å². The summed E-state index contributed by atoms with van der Waals surface area (Å²) < 4.78 is 0. The molecule has 2 amide bonds. The zero-order valence-electron chi connectivity index (χ0n) is 13.9. The number of anilines is 2. The number of nitrogens with zero attached hydrogens (tertiary/aromatic N) is 1. The predicted octanol–water partition coefficient (Wildman–Crippen LogP) is 3.32. The minimum atomic E-state index is -0.395. The van der Waals surface area contributed by atoms with Crippen LogP contribution < -0.4 is 15.5 Å². The van der Waals surface area contributed by atoms with Crippen LogP contribution in [0.4, 0.5) is 16.2 Å². The highest BCUT2D eigenvalue weighted by molar-refractivity contribution is 6.34. The van der Waals surface area contributed by atoms with Crippen LogP contribution in [0.3, 0.4) is 0 Å². The molecule has 1 unspecified atom stereocenters. The Balaban J connectivity index is 2.69. The topological polar surface area (TPSA) is 64.6 Å². The maximum absolute atomic E-state index is 12.1. The first-order valence-corrected chi connectivity index (χ1v) is 7.69. The van der Waals surface area contributed by atoms with Gasteiger partial charge in [0.05, 0.1) is 22.5 Å². The third-order valence-electron chi connectivity index (χ3n) is 3.26. The van der Waals surface area contributed by atoms with Crippen LogP contribution in [-0.2, 0) is 0 Å². The fourth-order valence-electron chi connectivity index (χ4n) is 2.43. The van der Waals surface area contributed by atoms with Gasteiger partial charge in [0.2, 0.25) is 0 Å². The highest BCUT2D eigenvalue weighted by Gasteiger charge is 2.21. The summed E-state index contributed by atoms with van der Waals surface area (Å²) in [6, 6.07) is 5.10. The zero-order valence-corrected chi connectivity index (χ0v) is 14.7. The second-order valence-electron chi connectivity index (χ2n) is 6.56. The highest BCUT2D eigenvalue weighted by atomic mass is 35.5. The number of hydrogen-bond donors (Lipinski definition) is 3. The van der Waals surface area contributed by atoms with Gasteiger partial charge in [-0.1, -0.05) is 31.5 Å². The molecule has 5 nitrogen and oxygen atoms in total. The molecule has 0 aliphatic rings. The Morgan fingerprint density at radius 1 is 1.41 bits per heavy atom. The van der Waals surface area contributed by atoms with E-state index in [0.717, 1.165) is 5.69 Å². The van der Waals surface area contributed by atoms with Crippen LogP contribution in [0.5, 0.6) is 0 Å². The van der Waals surface area contributed by atoms with Gasteiger partial charge in [0.15, 0.2) is 0 Å². The summed E-state index contributed by atoms with van der Waals surface area (Å²) in [5.74, 6) is 0. The number of aliphatic hydroxyl groups is 1. The summed E-state index contributed by atoms with van der Waals surface area (Å²) >= 11 is 6.17. The fraction of sp³-hybridized carbons (Fsp3) is 0.562. The molecular weight excluding hydrogens is 302 g/mol. The molecule has 0 aliphatic carbocycles.